The van der Waals surface area contributed by atoms with Crippen molar-refractivity contribution in [2.45, 2.75) is 6.42 Å². The van der Waals surface area contributed by atoms with E-state index in [0.717, 1.165) is 5.56 Å². The topological polar surface area (TPSA) is 87.7 Å². The molecule has 0 radical (unpaired) electrons. The molecule has 0 aromatic heterocycles. The van der Waals surface area contributed by atoms with Crippen molar-refractivity contribution in [3.63, 3.8) is 0 Å². The van der Waals surface area contributed by atoms with Gasteiger partial charge in [-0.3, -0.25) is 4.79 Å². The van der Waals surface area contributed by atoms with E-state index >= 15 is 0 Å². The molecule has 2 aromatic carbocycles. The average Bonchev–Trinajstić information content (AvgIpc) is 2.47. The van der Waals surface area contributed by atoms with E-state index in [1.54, 1.807) is 30.3 Å². The third-order valence-corrected chi connectivity index (χ3v) is 2.83. The highest BCUT2D eigenvalue weighted by Gasteiger charge is 2.06. The van der Waals surface area contributed by atoms with Crippen LogP contribution in [0, 0.1) is 5.82 Å². The summed E-state index contributed by atoms with van der Waals surface area (Å²) in [5.41, 5.74) is 7.18. The van der Waals surface area contributed by atoms with Gasteiger partial charge in [0.2, 0.25) is 5.91 Å². The first-order valence-electron chi connectivity index (χ1n) is 6.21. The molecular formula is C15H14FN3O2. The second kappa shape index (κ2) is 6.51. The number of carbonyl (C=O) groups is 1. The summed E-state index contributed by atoms with van der Waals surface area (Å²) in [7, 11) is 0. The van der Waals surface area contributed by atoms with Crippen LogP contribution >= 0.6 is 0 Å². The minimum Gasteiger partial charge on any atom is -0.409 e. The Kier molecular flexibility index (Phi) is 4.50. The second-order valence-electron chi connectivity index (χ2n) is 4.42. The highest BCUT2D eigenvalue weighted by molar-refractivity contribution is 5.97. The van der Waals surface area contributed by atoms with E-state index in [2.05, 4.69) is 10.5 Å². The Balaban J connectivity index is 2.00. The van der Waals surface area contributed by atoms with E-state index in [0.29, 0.717) is 11.3 Å². The van der Waals surface area contributed by atoms with Crippen LogP contribution in [0.5, 0.6) is 0 Å². The first-order valence-corrected chi connectivity index (χ1v) is 6.21. The monoisotopic (exact) mass is 287 g/mol. The van der Waals surface area contributed by atoms with Crippen LogP contribution in [0.3, 0.4) is 0 Å². The zero-order valence-corrected chi connectivity index (χ0v) is 11.1. The van der Waals surface area contributed by atoms with E-state index in [-0.39, 0.29) is 18.2 Å². The molecule has 0 bridgehead atoms. The molecule has 0 fully saturated rings. The number of benzene rings is 2. The molecule has 0 atom stereocenters. The molecule has 108 valence electrons. The van der Waals surface area contributed by atoms with Crippen LogP contribution in [0.1, 0.15) is 11.1 Å². The highest BCUT2D eigenvalue weighted by Crippen LogP contribution is 2.11. The van der Waals surface area contributed by atoms with E-state index in [4.69, 9.17) is 10.9 Å². The summed E-state index contributed by atoms with van der Waals surface area (Å²) in [4.78, 5) is 11.8. The maximum Gasteiger partial charge on any atom is 0.228 e. The van der Waals surface area contributed by atoms with Crippen molar-refractivity contribution in [3.8, 4) is 0 Å². The molecule has 21 heavy (non-hydrogen) atoms. The predicted octanol–water partition coefficient (Wildman–Crippen LogP) is 2.10. The molecule has 0 aliphatic heterocycles. The lowest BCUT2D eigenvalue weighted by atomic mass is 10.1. The number of nitrogens with one attached hydrogen (secondary N) is 1. The van der Waals surface area contributed by atoms with Crippen LogP contribution in [-0.4, -0.2) is 17.0 Å². The number of hydrogen-bond donors (Lipinski definition) is 3. The van der Waals surface area contributed by atoms with Crippen molar-refractivity contribution in [1.29, 1.82) is 0 Å². The lowest BCUT2D eigenvalue weighted by Gasteiger charge is -2.06. The van der Waals surface area contributed by atoms with Crippen molar-refractivity contribution in [1.82, 2.24) is 0 Å². The van der Waals surface area contributed by atoms with Gasteiger partial charge in [0, 0.05) is 11.3 Å². The molecule has 0 spiro atoms. The van der Waals surface area contributed by atoms with Crippen molar-refractivity contribution in [2.24, 2.45) is 10.9 Å². The van der Waals surface area contributed by atoms with Gasteiger partial charge in [-0.05, 0) is 23.8 Å². The molecule has 0 heterocycles. The number of amides is 1. The summed E-state index contributed by atoms with van der Waals surface area (Å²) in [6.07, 6.45) is 0.146. The molecule has 0 saturated heterocycles. The van der Waals surface area contributed by atoms with Crippen LogP contribution in [0.15, 0.2) is 53.7 Å². The predicted molar refractivity (Wildman–Crippen MR) is 77.7 cm³/mol. The Morgan fingerprint density at radius 2 is 1.95 bits per heavy atom. The number of carbonyl (C=O) groups excluding carboxylic acids is 1. The molecule has 0 saturated carbocycles. The minimum atomic E-state index is -0.407. The second-order valence-corrected chi connectivity index (χ2v) is 4.42. The van der Waals surface area contributed by atoms with Crippen LogP contribution in [0.2, 0.25) is 0 Å². The summed E-state index contributed by atoms with van der Waals surface area (Å²) in [5.74, 6) is -0.654. The lowest BCUT2D eigenvalue weighted by molar-refractivity contribution is -0.115. The Morgan fingerprint density at radius 1 is 1.24 bits per heavy atom. The fraction of sp³-hybridized carbons (Fsp3) is 0.0667. The van der Waals surface area contributed by atoms with Crippen LogP contribution in [0.25, 0.3) is 0 Å². The minimum absolute atomic E-state index is 0.00534. The maximum absolute atomic E-state index is 13.0. The van der Waals surface area contributed by atoms with Gasteiger partial charge in [0.1, 0.15) is 5.82 Å². The summed E-state index contributed by atoms with van der Waals surface area (Å²) >= 11 is 0. The third kappa shape index (κ3) is 4.04. The van der Waals surface area contributed by atoms with Gasteiger partial charge in [-0.25, -0.2) is 4.39 Å². The fourth-order valence-corrected chi connectivity index (χ4v) is 1.81. The van der Waals surface area contributed by atoms with Gasteiger partial charge >= 0.3 is 0 Å². The molecule has 0 aliphatic carbocycles. The SMILES string of the molecule is NC(=NO)c1ccc(CC(=O)Nc2cccc(F)c2)cc1. The highest BCUT2D eigenvalue weighted by atomic mass is 19.1. The smallest absolute Gasteiger partial charge is 0.228 e. The number of halogens is 1. The standard InChI is InChI=1S/C15H14FN3O2/c16-12-2-1-3-13(9-12)18-14(20)8-10-4-6-11(7-5-10)15(17)19-21/h1-7,9,21H,8H2,(H2,17,19)(H,18,20). The van der Waals surface area contributed by atoms with Crippen molar-refractivity contribution in [2.75, 3.05) is 5.32 Å². The molecule has 2 rings (SSSR count). The number of amidine groups is 1. The van der Waals surface area contributed by atoms with E-state index < -0.39 is 5.82 Å². The number of nitrogens with two attached hydrogens (primary N) is 1. The molecule has 2 aromatic rings. The largest absolute Gasteiger partial charge is 0.409 e. The summed E-state index contributed by atoms with van der Waals surface area (Å²) in [6, 6.07) is 12.4. The number of oxime groups is 1. The first kappa shape index (κ1) is 14.5. The Bertz CT molecular complexity index is 669. The van der Waals surface area contributed by atoms with Crippen molar-refractivity contribution in [3.05, 3.63) is 65.5 Å². The van der Waals surface area contributed by atoms with Crippen molar-refractivity contribution < 1.29 is 14.4 Å². The van der Waals surface area contributed by atoms with E-state index in [1.165, 1.54) is 18.2 Å². The van der Waals surface area contributed by atoms with Crippen LogP contribution in [0.4, 0.5) is 10.1 Å². The molecule has 0 unspecified atom stereocenters. The number of nitrogens with zero attached hydrogens (tertiary/aromatic N) is 1. The van der Waals surface area contributed by atoms with Gasteiger partial charge in [-0.15, -0.1) is 0 Å². The Labute approximate surface area is 120 Å². The number of rotatable bonds is 4. The molecule has 4 N–H and O–H groups in total. The first-order chi connectivity index (χ1) is 10.1. The van der Waals surface area contributed by atoms with E-state index in [9.17, 15) is 9.18 Å². The van der Waals surface area contributed by atoms with Crippen molar-refractivity contribution >= 4 is 17.4 Å². The summed E-state index contributed by atoms with van der Waals surface area (Å²) in [5, 5.41) is 14.1. The molecule has 6 heteroatoms. The normalized spacial score (nSPS) is 11.2. The molecule has 5 nitrogen and oxygen atoms in total. The zero-order valence-electron chi connectivity index (χ0n) is 11.1. The summed E-state index contributed by atoms with van der Waals surface area (Å²) < 4.78 is 13.0. The van der Waals surface area contributed by atoms with Gasteiger partial charge in [-0.1, -0.05) is 35.5 Å². The Hall–Kier alpha value is -2.89. The average molecular weight is 287 g/mol. The summed E-state index contributed by atoms with van der Waals surface area (Å²) in [6.45, 7) is 0. The third-order valence-electron chi connectivity index (χ3n) is 2.83. The van der Waals surface area contributed by atoms with Gasteiger partial charge in [-0.2, -0.15) is 0 Å². The fourth-order valence-electron chi connectivity index (χ4n) is 1.81. The van der Waals surface area contributed by atoms with Crippen LogP contribution < -0.4 is 11.1 Å². The van der Waals surface area contributed by atoms with Gasteiger partial charge in [0.15, 0.2) is 5.84 Å². The van der Waals surface area contributed by atoms with Crippen LogP contribution in [-0.2, 0) is 11.2 Å². The van der Waals surface area contributed by atoms with Gasteiger partial charge < -0.3 is 16.3 Å². The quantitative estimate of drug-likeness (QED) is 0.348. The Morgan fingerprint density at radius 3 is 2.57 bits per heavy atom. The molecule has 0 aliphatic rings. The van der Waals surface area contributed by atoms with Gasteiger partial charge in [0.25, 0.3) is 0 Å². The number of hydrogen-bond acceptors (Lipinski definition) is 3. The zero-order chi connectivity index (χ0) is 15.2. The lowest BCUT2D eigenvalue weighted by Crippen LogP contribution is -2.15. The number of anilines is 1. The van der Waals surface area contributed by atoms with E-state index in [1.807, 2.05) is 0 Å². The maximum atomic E-state index is 13.0. The molecular weight excluding hydrogens is 273 g/mol. The van der Waals surface area contributed by atoms with Gasteiger partial charge in [0.05, 0.1) is 6.42 Å². The molecule has 1 amide bonds.